The van der Waals surface area contributed by atoms with Gasteiger partial charge in [0.25, 0.3) is 0 Å². The first kappa shape index (κ1) is 16.7. The Bertz CT molecular complexity index is 988. The van der Waals surface area contributed by atoms with Gasteiger partial charge in [0, 0.05) is 30.2 Å². The van der Waals surface area contributed by atoms with Crippen molar-refractivity contribution in [2.75, 3.05) is 0 Å². The van der Waals surface area contributed by atoms with Crippen molar-refractivity contribution in [2.45, 2.75) is 26.1 Å². The molecule has 2 aromatic carbocycles. The maximum atomic E-state index is 12.4. The zero-order valence-electron chi connectivity index (χ0n) is 14.2. The average Bonchev–Trinajstić information content (AvgIpc) is 2.77. The number of para-hydroxylation sites is 1. The fraction of sp³-hybridized carbons (Fsp3) is 0.263. The van der Waals surface area contributed by atoms with Crippen LogP contribution in [0.2, 0.25) is 0 Å². The maximum absolute atomic E-state index is 12.4. The van der Waals surface area contributed by atoms with E-state index in [4.69, 9.17) is 0 Å². The van der Waals surface area contributed by atoms with Gasteiger partial charge in [-0.3, -0.25) is 0 Å². The summed E-state index contributed by atoms with van der Waals surface area (Å²) < 4.78 is 29.7. The molecule has 0 atom stereocenters. The van der Waals surface area contributed by atoms with Crippen LogP contribution in [0.5, 0.6) is 0 Å². The number of aromatic nitrogens is 1. The first-order chi connectivity index (χ1) is 11.4. The molecule has 0 fully saturated rings. The number of hydrogen-bond acceptors (Lipinski definition) is 2. The summed E-state index contributed by atoms with van der Waals surface area (Å²) >= 11 is 0. The molecule has 0 aliphatic carbocycles. The Morgan fingerprint density at radius 3 is 2.54 bits per heavy atom. The van der Waals surface area contributed by atoms with Crippen LogP contribution in [-0.4, -0.2) is 13.0 Å². The first-order valence-corrected chi connectivity index (χ1v) is 9.58. The van der Waals surface area contributed by atoms with E-state index in [2.05, 4.69) is 9.29 Å². The number of fused-ring (bicyclic) bond motifs is 1. The predicted octanol–water partition coefficient (Wildman–Crippen LogP) is 3.41. The van der Waals surface area contributed by atoms with Crippen molar-refractivity contribution < 1.29 is 8.42 Å². The number of nitrogens with one attached hydrogen (secondary N) is 1. The molecule has 0 bridgehead atoms. The second kappa shape index (κ2) is 6.42. The van der Waals surface area contributed by atoms with Crippen molar-refractivity contribution in [3.63, 3.8) is 0 Å². The van der Waals surface area contributed by atoms with Gasteiger partial charge in [-0.15, -0.1) is 0 Å². The summed E-state index contributed by atoms with van der Waals surface area (Å²) in [4.78, 5) is 0. The van der Waals surface area contributed by atoms with E-state index in [1.165, 1.54) is 0 Å². The van der Waals surface area contributed by atoms with Crippen molar-refractivity contribution in [3.05, 3.63) is 70.9 Å². The van der Waals surface area contributed by atoms with Crippen LogP contribution in [0.25, 0.3) is 10.9 Å². The highest BCUT2D eigenvalue weighted by atomic mass is 32.2. The molecule has 126 valence electrons. The van der Waals surface area contributed by atoms with Gasteiger partial charge in [-0.05, 0) is 31.0 Å². The van der Waals surface area contributed by atoms with Gasteiger partial charge in [0.15, 0.2) is 0 Å². The third-order valence-corrected chi connectivity index (χ3v) is 5.74. The van der Waals surface area contributed by atoms with Gasteiger partial charge < -0.3 is 4.57 Å². The molecule has 1 aromatic heterocycles. The Morgan fingerprint density at radius 1 is 1.04 bits per heavy atom. The van der Waals surface area contributed by atoms with Gasteiger partial charge >= 0.3 is 0 Å². The molecule has 1 heterocycles. The van der Waals surface area contributed by atoms with Crippen molar-refractivity contribution in [3.8, 4) is 0 Å². The van der Waals surface area contributed by atoms with Crippen LogP contribution in [0.15, 0.2) is 48.5 Å². The normalized spacial score (nSPS) is 12.0. The fourth-order valence-corrected chi connectivity index (χ4v) is 4.16. The second-order valence-electron chi connectivity index (χ2n) is 6.21. The molecule has 0 aliphatic heterocycles. The van der Waals surface area contributed by atoms with Crippen molar-refractivity contribution in [1.29, 1.82) is 0 Å². The van der Waals surface area contributed by atoms with E-state index < -0.39 is 10.0 Å². The predicted molar refractivity (Wildman–Crippen MR) is 98.3 cm³/mol. The summed E-state index contributed by atoms with van der Waals surface area (Å²) in [5.74, 6) is -0.00149. The SMILES string of the molecule is Cc1cccc(CS(=O)(=O)NCc2c(C)n(C)c3ccccc23)c1. The Hall–Kier alpha value is -2.11. The van der Waals surface area contributed by atoms with Gasteiger partial charge in [0.2, 0.25) is 10.0 Å². The molecular weight excluding hydrogens is 320 g/mol. The highest BCUT2D eigenvalue weighted by Gasteiger charge is 2.16. The number of benzene rings is 2. The van der Waals surface area contributed by atoms with E-state index in [1.54, 1.807) is 0 Å². The van der Waals surface area contributed by atoms with E-state index in [0.717, 1.165) is 33.3 Å². The zero-order valence-corrected chi connectivity index (χ0v) is 15.0. The minimum Gasteiger partial charge on any atom is -0.348 e. The topological polar surface area (TPSA) is 51.1 Å². The Morgan fingerprint density at radius 2 is 1.79 bits per heavy atom. The lowest BCUT2D eigenvalue weighted by Crippen LogP contribution is -2.25. The molecule has 1 N–H and O–H groups in total. The molecule has 0 spiro atoms. The van der Waals surface area contributed by atoms with Crippen molar-refractivity contribution in [1.82, 2.24) is 9.29 Å². The van der Waals surface area contributed by atoms with E-state index in [0.29, 0.717) is 6.54 Å². The lowest BCUT2D eigenvalue weighted by molar-refractivity contribution is 0.580. The van der Waals surface area contributed by atoms with Gasteiger partial charge in [-0.25, -0.2) is 13.1 Å². The highest BCUT2D eigenvalue weighted by Crippen LogP contribution is 2.24. The van der Waals surface area contributed by atoms with Crippen molar-refractivity contribution >= 4 is 20.9 Å². The summed E-state index contributed by atoms with van der Waals surface area (Å²) in [6.07, 6.45) is 0. The van der Waals surface area contributed by atoms with Gasteiger partial charge in [0.1, 0.15) is 0 Å². The van der Waals surface area contributed by atoms with Crippen LogP contribution in [0.3, 0.4) is 0 Å². The molecule has 3 rings (SSSR count). The van der Waals surface area contributed by atoms with Crippen LogP contribution >= 0.6 is 0 Å². The minimum absolute atomic E-state index is 0.00149. The lowest BCUT2D eigenvalue weighted by Gasteiger charge is -2.08. The molecule has 0 saturated heterocycles. The number of aryl methyl sites for hydroxylation is 2. The summed E-state index contributed by atoms with van der Waals surface area (Å²) in [5.41, 5.74) is 5.09. The van der Waals surface area contributed by atoms with E-state index in [9.17, 15) is 8.42 Å². The largest absolute Gasteiger partial charge is 0.348 e. The van der Waals surface area contributed by atoms with Crippen LogP contribution in [0.4, 0.5) is 0 Å². The smallest absolute Gasteiger partial charge is 0.216 e. The average molecular weight is 342 g/mol. The molecule has 24 heavy (non-hydrogen) atoms. The molecular formula is C19H22N2O2S. The monoisotopic (exact) mass is 342 g/mol. The highest BCUT2D eigenvalue weighted by molar-refractivity contribution is 7.88. The lowest BCUT2D eigenvalue weighted by atomic mass is 10.1. The summed E-state index contributed by atoms with van der Waals surface area (Å²) in [6, 6.07) is 15.6. The second-order valence-corrected chi connectivity index (χ2v) is 8.02. The third kappa shape index (κ3) is 3.37. The number of nitrogens with zero attached hydrogens (tertiary/aromatic N) is 1. The third-order valence-electron chi connectivity index (χ3n) is 4.44. The molecule has 0 aliphatic rings. The molecule has 5 heteroatoms. The number of sulfonamides is 1. The Labute approximate surface area is 143 Å². The molecule has 0 saturated carbocycles. The standard InChI is InChI=1S/C19H22N2O2S/c1-14-7-6-8-16(11-14)13-24(22,23)20-12-18-15(2)21(3)19-10-5-4-9-17(18)19/h4-11,20H,12-13H2,1-3H3. The van der Waals surface area contributed by atoms with Gasteiger partial charge in [-0.2, -0.15) is 0 Å². The van der Waals surface area contributed by atoms with Crippen molar-refractivity contribution in [2.24, 2.45) is 7.05 Å². The summed E-state index contributed by atoms with van der Waals surface area (Å²) in [5, 5.41) is 1.09. The molecule has 0 unspecified atom stereocenters. The van der Waals surface area contributed by atoms with Crippen LogP contribution in [-0.2, 0) is 29.4 Å². The van der Waals surface area contributed by atoms with Crippen LogP contribution in [0, 0.1) is 13.8 Å². The van der Waals surface area contributed by atoms with Crippen LogP contribution in [0.1, 0.15) is 22.4 Å². The fourth-order valence-electron chi connectivity index (χ4n) is 3.08. The molecule has 3 aromatic rings. The number of hydrogen-bond donors (Lipinski definition) is 1. The zero-order chi connectivity index (χ0) is 17.3. The summed E-state index contributed by atoms with van der Waals surface area (Å²) in [7, 11) is -1.38. The quantitative estimate of drug-likeness (QED) is 0.772. The summed E-state index contributed by atoms with van der Waals surface area (Å²) in [6.45, 7) is 4.29. The van der Waals surface area contributed by atoms with E-state index in [1.807, 2.05) is 69.4 Å². The number of rotatable bonds is 5. The minimum atomic E-state index is -3.38. The van der Waals surface area contributed by atoms with Gasteiger partial charge in [-0.1, -0.05) is 48.0 Å². The van der Waals surface area contributed by atoms with E-state index >= 15 is 0 Å². The first-order valence-electron chi connectivity index (χ1n) is 7.93. The Balaban J connectivity index is 1.81. The van der Waals surface area contributed by atoms with Gasteiger partial charge in [0.05, 0.1) is 5.75 Å². The maximum Gasteiger partial charge on any atom is 0.216 e. The Kier molecular flexibility index (Phi) is 4.47. The van der Waals surface area contributed by atoms with E-state index in [-0.39, 0.29) is 5.75 Å². The molecule has 0 amide bonds. The molecule has 0 radical (unpaired) electrons. The molecule has 4 nitrogen and oxygen atoms in total. The van der Waals surface area contributed by atoms with Crippen LogP contribution < -0.4 is 4.72 Å².